The van der Waals surface area contributed by atoms with Crippen molar-refractivity contribution in [1.29, 1.82) is 0 Å². The van der Waals surface area contributed by atoms with Gasteiger partial charge in [-0.3, -0.25) is 4.79 Å². The summed E-state index contributed by atoms with van der Waals surface area (Å²) < 4.78 is 0. The fraction of sp³-hybridized carbons (Fsp3) is 0.909. The van der Waals surface area contributed by atoms with Gasteiger partial charge < -0.3 is 5.32 Å². The van der Waals surface area contributed by atoms with Gasteiger partial charge in [0.15, 0.2) is 0 Å². The summed E-state index contributed by atoms with van der Waals surface area (Å²) in [5.74, 6) is 0.882. The maximum absolute atomic E-state index is 11.6. The summed E-state index contributed by atoms with van der Waals surface area (Å²) in [6.07, 6.45) is 6.88. The molecule has 0 atom stereocenters. The van der Waals surface area contributed by atoms with Gasteiger partial charge in [0.25, 0.3) is 0 Å². The van der Waals surface area contributed by atoms with Crippen LogP contribution in [0, 0.1) is 5.92 Å². The normalized spacial score (nSPS) is 18.8. The number of hydrogen-bond donors (Lipinski definition) is 1. The third-order valence-electron chi connectivity index (χ3n) is 2.86. The molecule has 0 aromatic rings. The fourth-order valence-corrected chi connectivity index (χ4v) is 2.02. The molecule has 0 saturated heterocycles. The third-order valence-corrected chi connectivity index (χ3v) is 2.86. The quantitative estimate of drug-likeness (QED) is 0.662. The number of carbonyl (C=O) groups is 1. The molecule has 0 amide bonds. The van der Waals surface area contributed by atoms with Gasteiger partial charge in [-0.2, -0.15) is 0 Å². The monoisotopic (exact) mass is 183 g/mol. The largest absolute Gasteiger partial charge is 0.317 e. The molecule has 0 aliphatic heterocycles. The Kier molecular flexibility index (Phi) is 5.06. The standard InChI is InChI=1S/C11H21NO/c1-2-12-9-8-11(13)10-6-4-3-5-7-10/h10,12H,2-9H2,1H3. The van der Waals surface area contributed by atoms with Crippen molar-refractivity contribution in [1.82, 2.24) is 5.32 Å². The summed E-state index contributed by atoms with van der Waals surface area (Å²) in [7, 11) is 0. The van der Waals surface area contributed by atoms with Gasteiger partial charge in [-0.25, -0.2) is 0 Å². The van der Waals surface area contributed by atoms with Gasteiger partial charge in [-0.05, 0) is 19.4 Å². The van der Waals surface area contributed by atoms with E-state index in [1.165, 1.54) is 19.3 Å². The van der Waals surface area contributed by atoms with Crippen molar-refractivity contribution < 1.29 is 4.79 Å². The second kappa shape index (κ2) is 6.14. The first kappa shape index (κ1) is 10.7. The predicted octanol–water partition coefficient (Wildman–Crippen LogP) is 2.14. The van der Waals surface area contributed by atoms with Crippen molar-refractivity contribution in [3.8, 4) is 0 Å². The highest BCUT2D eigenvalue weighted by Gasteiger charge is 2.19. The van der Waals surface area contributed by atoms with E-state index in [-0.39, 0.29) is 0 Å². The van der Waals surface area contributed by atoms with Crippen molar-refractivity contribution in [3.05, 3.63) is 0 Å². The molecular weight excluding hydrogens is 162 g/mol. The van der Waals surface area contributed by atoms with E-state index in [0.29, 0.717) is 11.7 Å². The zero-order chi connectivity index (χ0) is 9.52. The van der Waals surface area contributed by atoms with Gasteiger partial charge in [0.2, 0.25) is 0 Å². The topological polar surface area (TPSA) is 29.1 Å². The molecule has 76 valence electrons. The molecule has 0 aromatic carbocycles. The smallest absolute Gasteiger partial charge is 0.137 e. The van der Waals surface area contributed by atoms with Crippen LogP contribution in [-0.2, 0) is 4.79 Å². The molecule has 0 radical (unpaired) electrons. The summed E-state index contributed by atoms with van der Waals surface area (Å²) in [6, 6.07) is 0. The minimum absolute atomic E-state index is 0.396. The maximum atomic E-state index is 11.6. The molecule has 1 rings (SSSR count). The molecule has 0 aromatic heterocycles. The molecule has 1 aliphatic carbocycles. The lowest BCUT2D eigenvalue weighted by molar-refractivity contribution is -0.123. The summed E-state index contributed by atoms with van der Waals surface area (Å²) >= 11 is 0. The van der Waals surface area contributed by atoms with E-state index in [1.54, 1.807) is 0 Å². The van der Waals surface area contributed by atoms with Gasteiger partial charge in [-0.15, -0.1) is 0 Å². The number of rotatable bonds is 5. The van der Waals surface area contributed by atoms with Crippen LogP contribution in [0.2, 0.25) is 0 Å². The zero-order valence-electron chi connectivity index (χ0n) is 8.64. The number of hydrogen-bond acceptors (Lipinski definition) is 2. The summed E-state index contributed by atoms with van der Waals surface area (Å²) in [5.41, 5.74) is 0. The Balaban J connectivity index is 2.13. The highest BCUT2D eigenvalue weighted by atomic mass is 16.1. The van der Waals surface area contributed by atoms with Crippen molar-refractivity contribution in [2.45, 2.75) is 45.4 Å². The molecule has 2 nitrogen and oxygen atoms in total. The van der Waals surface area contributed by atoms with E-state index in [0.717, 1.165) is 32.4 Å². The van der Waals surface area contributed by atoms with Gasteiger partial charge in [-0.1, -0.05) is 26.2 Å². The van der Waals surface area contributed by atoms with E-state index in [2.05, 4.69) is 12.2 Å². The van der Waals surface area contributed by atoms with Crippen LogP contribution in [0.4, 0.5) is 0 Å². The number of nitrogens with one attached hydrogen (secondary N) is 1. The van der Waals surface area contributed by atoms with E-state index < -0.39 is 0 Å². The first-order chi connectivity index (χ1) is 6.34. The van der Waals surface area contributed by atoms with Gasteiger partial charge >= 0.3 is 0 Å². The van der Waals surface area contributed by atoms with Crippen LogP contribution in [0.15, 0.2) is 0 Å². The van der Waals surface area contributed by atoms with Crippen LogP contribution < -0.4 is 5.32 Å². The third kappa shape index (κ3) is 3.90. The summed E-state index contributed by atoms with van der Waals surface area (Å²) in [6.45, 7) is 3.91. The van der Waals surface area contributed by atoms with Crippen LogP contribution in [0.25, 0.3) is 0 Å². The first-order valence-corrected chi connectivity index (χ1v) is 5.58. The van der Waals surface area contributed by atoms with E-state index >= 15 is 0 Å². The summed E-state index contributed by atoms with van der Waals surface area (Å²) in [5, 5.41) is 3.20. The molecule has 0 unspecified atom stereocenters. The van der Waals surface area contributed by atoms with Gasteiger partial charge in [0.1, 0.15) is 5.78 Å². The Morgan fingerprint density at radius 1 is 1.31 bits per heavy atom. The lowest BCUT2D eigenvalue weighted by atomic mass is 9.85. The maximum Gasteiger partial charge on any atom is 0.137 e. The molecule has 0 spiro atoms. The minimum atomic E-state index is 0.396. The average Bonchev–Trinajstić information content (AvgIpc) is 2.19. The van der Waals surface area contributed by atoms with E-state index in [1.807, 2.05) is 0 Å². The Hall–Kier alpha value is -0.370. The fourth-order valence-electron chi connectivity index (χ4n) is 2.02. The SMILES string of the molecule is CCNCCC(=O)C1CCCCC1. The zero-order valence-corrected chi connectivity index (χ0v) is 8.64. The van der Waals surface area contributed by atoms with Crippen LogP contribution in [-0.4, -0.2) is 18.9 Å². The molecule has 1 saturated carbocycles. The Morgan fingerprint density at radius 3 is 2.62 bits per heavy atom. The predicted molar refractivity (Wildman–Crippen MR) is 54.7 cm³/mol. The minimum Gasteiger partial charge on any atom is -0.317 e. The molecular formula is C11H21NO. The van der Waals surface area contributed by atoms with Crippen molar-refractivity contribution in [2.75, 3.05) is 13.1 Å². The van der Waals surface area contributed by atoms with E-state index in [4.69, 9.17) is 0 Å². The molecule has 1 fully saturated rings. The molecule has 1 N–H and O–H groups in total. The summed E-state index contributed by atoms with van der Waals surface area (Å²) in [4.78, 5) is 11.6. The van der Waals surface area contributed by atoms with Crippen molar-refractivity contribution >= 4 is 5.78 Å². The van der Waals surface area contributed by atoms with Crippen LogP contribution in [0.3, 0.4) is 0 Å². The lowest BCUT2D eigenvalue weighted by Crippen LogP contribution is -2.23. The number of Topliss-reactive ketones (excluding diaryl/α,β-unsaturated/α-hetero) is 1. The Bertz CT molecular complexity index is 150. The molecule has 13 heavy (non-hydrogen) atoms. The number of ketones is 1. The van der Waals surface area contributed by atoms with Crippen LogP contribution in [0.1, 0.15) is 45.4 Å². The molecule has 0 heterocycles. The average molecular weight is 183 g/mol. The van der Waals surface area contributed by atoms with Crippen LogP contribution in [0.5, 0.6) is 0 Å². The van der Waals surface area contributed by atoms with E-state index in [9.17, 15) is 4.79 Å². The van der Waals surface area contributed by atoms with Crippen LogP contribution >= 0.6 is 0 Å². The first-order valence-electron chi connectivity index (χ1n) is 5.58. The highest BCUT2D eigenvalue weighted by molar-refractivity contribution is 5.81. The Morgan fingerprint density at radius 2 is 2.00 bits per heavy atom. The second-order valence-corrected chi connectivity index (χ2v) is 3.90. The van der Waals surface area contributed by atoms with Gasteiger partial charge in [0, 0.05) is 18.9 Å². The van der Waals surface area contributed by atoms with Crippen molar-refractivity contribution in [2.24, 2.45) is 5.92 Å². The van der Waals surface area contributed by atoms with Gasteiger partial charge in [0.05, 0.1) is 0 Å². The highest BCUT2D eigenvalue weighted by Crippen LogP contribution is 2.24. The molecule has 1 aliphatic rings. The lowest BCUT2D eigenvalue weighted by Gasteiger charge is -2.20. The number of carbonyl (C=O) groups excluding carboxylic acids is 1. The molecule has 0 bridgehead atoms. The second-order valence-electron chi connectivity index (χ2n) is 3.90. The molecule has 2 heteroatoms. The Labute approximate surface area is 81.1 Å². The van der Waals surface area contributed by atoms with Crippen molar-refractivity contribution in [3.63, 3.8) is 0 Å².